The van der Waals surface area contributed by atoms with Crippen molar-refractivity contribution < 1.29 is 9.90 Å². The van der Waals surface area contributed by atoms with Gasteiger partial charge in [-0.3, -0.25) is 4.79 Å². The summed E-state index contributed by atoms with van der Waals surface area (Å²) in [7, 11) is 0. The standard InChI is InChI=1S/C8H10O2/c1-4(9)8-6-2-5(6)3-7(8)10/h5-6,9H,2-3H2,1H3/b8-4-. The van der Waals surface area contributed by atoms with Gasteiger partial charge in [-0.25, -0.2) is 0 Å². The van der Waals surface area contributed by atoms with Crippen molar-refractivity contribution in [2.45, 2.75) is 19.8 Å². The lowest BCUT2D eigenvalue weighted by atomic mass is 10.1. The molecule has 0 aromatic carbocycles. The summed E-state index contributed by atoms with van der Waals surface area (Å²) in [5, 5.41) is 9.08. The highest BCUT2D eigenvalue weighted by Crippen LogP contribution is 2.53. The van der Waals surface area contributed by atoms with Crippen molar-refractivity contribution in [2.24, 2.45) is 11.8 Å². The molecule has 0 aromatic rings. The largest absolute Gasteiger partial charge is 0.512 e. The molecule has 0 amide bonds. The Morgan fingerprint density at radius 2 is 2.40 bits per heavy atom. The van der Waals surface area contributed by atoms with E-state index in [0.29, 0.717) is 23.8 Å². The molecule has 0 heterocycles. The van der Waals surface area contributed by atoms with Gasteiger partial charge in [-0.2, -0.15) is 0 Å². The summed E-state index contributed by atoms with van der Waals surface area (Å²) in [5.74, 6) is 1.43. The molecule has 0 radical (unpaired) electrons. The van der Waals surface area contributed by atoms with Gasteiger partial charge < -0.3 is 5.11 Å². The van der Waals surface area contributed by atoms with Crippen LogP contribution in [-0.2, 0) is 4.79 Å². The van der Waals surface area contributed by atoms with E-state index in [4.69, 9.17) is 5.11 Å². The van der Waals surface area contributed by atoms with Crippen molar-refractivity contribution >= 4 is 5.78 Å². The molecule has 2 rings (SSSR count). The summed E-state index contributed by atoms with van der Waals surface area (Å²) >= 11 is 0. The maximum atomic E-state index is 11.0. The van der Waals surface area contributed by atoms with E-state index in [1.807, 2.05) is 0 Å². The summed E-state index contributed by atoms with van der Waals surface area (Å²) < 4.78 is 0. The van der Waals surface area contributed by atoms with E-state index in [-0.39, 0.29) is 11.5 Å². The second-order valence-corrected chi connectivity index (χ2v) is 3.23. The fourth-order valence-electron chi connectivity index (χ4n) is 1.85. The smallest absolute Gasteiger partial charge is 0.162 e. The maximum absolute atomic E-state index is 11.0. The van der Waals surface area contributed by atoms with Gasteiger partial charge in [-0.15, -0.1) is 0 Å². The number of allylic oxidation sites excluding steroid dienone is 2. The highest BCUT2D eigenvalue weighted by atomic mass is 16.3. The first-order chi connectivity index (χ1) is 4.70. The van der Waals surface area contributed by atoms with E-state index in [0.717, 1.165) is 6.42 Å². The fourth-order valence-corrected chi connectivity index (χ4v) is 1.85. The van der Waals surface area contributed by atoms with Crippen LogP contribution in [0.4, 0.5) is 0 Å². The van der Waals surface area contributed by atoms with Gasteiger partial charge in [0.15, 0.2) is 5.78 Å². The molecule has 10 heavy (non-hydrogen) atoms. The Morgan fingerprint density at radius 3 is 2.70 bits per heavy atom. The molecule has 2 nitrogen and oxygen atoms in total. The Labute approximate surface area is 59.5 Å². The van der Waals surface area contributed by atoms with Crippen LogP contribution in [0.5, 0.6) is 0 Å². The van der Waals surface area contributed by atoms with Crippen molar-refractivity contribution in [1.82, 2.24) is 0 Å². The molecular weight excluding hydrogens is 128 g/mol. The number of Topliss-reactive ketones (excluding diaryl/α,β-unsaturated/α-hetero) is 1. The van der Waals surface area contributed by atoms with Gasteiger partial charge in [0.05, 0.1) is 5.76 Å². The van der Waals surface area contributed by atoms with Crippen LogP contribution in [0.2, 0.25) is 0 Å². The molecule has 0 bridgehead atoms. The van der Waals surface area contributed by atoms with Gasteiger partial charge in [0.25, 0.3) is 0 Å². The SMILES string of the molecule is C/C(O)=C1/C(=O)CC2CC12. The van der Waals surface area contributed by atoms with E-state index in [9.17, 15) is 4.79 Å². The van der Waals surface area contributed by atoms with E-state index < -0.39 is 0 Å². The first-order valence-corrected chi connectivity index (χ1v) is 3.63. The molecule has 2 saturated carbocycles. The van der Waals surface area contributed by atoms with Crippen LogP contribution in [-0.4, -0.2) is 10.9 Å². The number of hydrogen-bond acceptors (Lipinski definition) is 2. The highest BCUT2D eigenvalue weighted by molar-refractivity contribution is 6.00. The lowest BCUT2D eigenvalue weighted by Gasteiger charge is -1.97. The van der Waals surface area contributed by atoms with Crippen LogP contribution in [0.25, 0.3) is 0 Å². The number of fused-ring (bicyclic) bond motifs is 1. The zero-order chi connectivity index (χ0) is 7.30. The molecular formula is C8H10O2. The summed E-state index contributed by atoms with van der Waals surface area (Å²) in [5.41, 5.74) is 0.713. The normalized spacial score (nSPS) is 41.5. The number of rotatable bonds is 0. The maximum Gasteiger partial charge on any atom is 0.162 e. The van der Waals surface area contributed by atoms with Crippen molar-refractivity contribution in [3.8, 4) is 0 Å². The Balaban J connectivity index is 2.36. The minimum atomic E-state index is 0.168. The monoisotopic (exact) mass is 138 g/mol. The zero-order valence-corrected chi connectivity index (χ0v) is 5.92. The predicted molar refractivity (Wildman–Crippen MR) is 36.5 cm³/mol. The lowest BCUT2D eigenvalue weighted by molar-refractivity contribution is -0.115. The zero-order valence-electron chi connectivity index (χ0n) is 5.92. The first kappa shape index (κ1) is 5.96. The molecule has 2 aliphatic carbocycles. The van der Waals surface area contributed by atoms with Gasteiger partial charge in [-0.1, -0.05) is 0 Å². The molecule has 2 atom stereocenters. The van der Waals surface area contributed by atoms with Crippen LogP contribution in [0.15, 0.2) is 11.3 Å². The average molecular weight is 138 g/mol. The summed E-state index contributed by atoms with van der Waals surface area (Å²) in [6, 6.07) is 0. The Bertz CT molecular complexity index is 223. The number of ketones is 1. The van der Waals surface area contributed by atoms with Crippen LogP contribution in [0, 0.1) is 11.8 Å². The van der Waals surface area contributed by atoms with Crippen molar-refractivity contribution in [3.05, 3.63) is 11.3 Å². The van der Waals surface area contributed by atoms with Gasteiger partial charge in [0.2, 0.25) is 0 Å². The number of aliphatic hydroxyl groups is 1. The molecule has 2 aliphatic rings. The summed E-state index contributed by atoms with van der Waals surface area (Å²) in [4.78, 5) is 11.0. The number of carbonyl (C=O) groups excluding carboxylic acids is 1. The third-order valence-electron chi connectivity index (χ3n) is 2.43. The molecule has 2 heteroatoms. The first-order valence-electron chi connectivity index (χ1n) is 3.63. The highest BCUT2D eigenvalue weighted by Gasteiger charge is 2.50. The van der Waals surface area contributed by atoms with Gasteiger partial charge in [-0.05, 0) is 25.2 Å². The fraction of sp³-hybridized carbons (Fsp3) is 0.625. The van der Waals surface area contributed by atoms with E-state index >= 15 is 0 Å². The second-order valence-electron chi connectivity index (χ2n) is 3.23. The third-order valence-corrected chi connectivity index (χ3v) is 2.43. The van der Waals surface area contributed by atoms with Gasteiger partial charge >= 0.3 is 0 Å². The van der Waals surface area contributed by atoms with Gasteiger partial charge in [0, 0.05) is 12.0 Å². The van der Waals surface area contributed by atoms with E-state index in [1.54, 1.807) is 6.92 Å². The minimum Gasteiger partial charge on any atom is -0.512 e. The quantitative estimate of drug-likeness (QED) is 0.406. The minimum absolute atomic E-state index is 0.168. The summed E-state index contributed by atoms with van der Waals surface area (Å²) in [6.07, 6.45) is 1.80. The van der Waals surface area contributed by atoms with E-state index in [1.165, 1.54) is 0 Å². The predicted octanol–water partition coefficient (Wildman–Crippen LogP) is 1.43. The molecule has 54 valence electrons. The third kappa shape index (κ3) is 0.618. The van der Waals surface area contributed by atoms with Crippen molar-refractivity contribution in [3.63, 3.8) is 0 Å². The topological polar surface area (TPSA) is 37.3 Å². The Kier molecular flexibility index (Phi) is 0.967. The van der Waals surface area contributed by atoms with Gasteiger partial charge in [0.1, 0.15) is 0 Å². The molecule has 0 spiro atoms. The lowest BCUT2D eigenvalue weighted by Crippen LogP contribution is -2.00. The molecule has 1 N–H and O–H groups in total. The molecule has 2 unspecified atom stereocenters. The summed E-state index contributed by atoms with van der Waals surface area (Å²) in [6.45, 7) is 1.61. The molecule has 2 fully saturated rings. The Hall–Kier alpha value is -0.790. The van der Waals surface area contributed by atoms with Crippen LogP contribution in [0.1, 0.15) is 19.8 Å². The van der Waals surface area contributed by atoms with Crippen molar-refractivity contribution in [1.29, 1.82) is 0 Å². The Morgan fingerprint density at radius 1 is 1.70 bits per heavy atom. The number of carbonyl (C=O) groups is 1. The number of aliphatic hydroxyl groups excluding tert-OH is 1. The van der Waals surface area contributed by atoms with Crippen LogP contribution < -0.4 is 0 Å². The molecule has 0 aliphatic heterocycles. The second kappa shape index (κ2) is 1.62. The van der Waals surface area contributed by atoms with E-state index in [2.05, 4.69) is 0 Å². The van der Waals surface area contributed by atoms with Crippen LogP contribution >= 0.6 is 0 Å². The van der Waals surface area contributed by atoms with Crippen molar-refractivity contribution in [2.75, 3.05) is 0 Å². The number of hydrogen-bond donors (Lipinski definition) is 1. The molecule has 0 aromatic heterocycles. The molecule has 0 saturated heterocycles. The van der Waals surface area contributed by atoms with Crippen LogP contribution in [0.3, 0.4) is 0 Å². The average Bonchev–Trinajstić information content (AvgIpc) is 2.42.